The maximum Gasteiger partial charge on any atom is 0.292 e. The molecule has 2 heterocycles. The third kappa shape index (κ3) is 4.43. The van der Waals surface area contributed by atoms with Gasteiger partial charge in [0.05, 0.1) is 4.92 Å². The van der Waals surface area contributed by atoms with Crippen LogP contribution in [0.4, 0.5) is 11.4 Å². The first-order chi connectivity index (χ1) is 14.1. The molecule has 3 aromatic rings. The molecular formula is C21H22N4O4. The molecule has 1 N–H and O–H groups in total. The summed E-state index contributed by atoms with van der Waals surface area (Å²) in [5, 5.41) is 13.7. The van der Waals surface area contributed by atoms with E-state index in [2.05, 4.69) is 15.2 Å². The molecule has 0 spiro atoms. The number of carbonyl (C=O) groups is 1. The average molecular weight is 394 g/mol. The van der Waals surface area contributed by atoms with Crippen molar-refractivity contribution < 1.29 is 14.1 Å². The van der Waals surface area contributed by atoms with Crippen molar-refractivity contribution >= 4 is 28.4 Å². The standard InChI is InChI=1S/C21H22N4O4/c26-20(22-16-7-1-3-9-18(16)25(27)28)11-13-24-12-5-6-15(14-24)21-23-17-8-2-4-10-19(17)29-21/h1-4,7-10,15H,5-6,11-14H2,(H,22,26). The molecule has 8 heteroatoms. The predicted molar refractivity (Wildman–Crippen MR) is 109 cm³/mol. The fourth-order valence-electron chi connectivity index (χ4n) is 3.74. The largest absolute Gasteiger partial charge is 0.440 e. The summed E-state index contributed by atoms with van der Waals surface area (Å²) in [5.41, 5.74) is 1.78. The number of nitro benzene ring substituents is 1. The second-order valence-electron chi connectivity index (χ2n) is 7.23. The highest BCUT2D eigenvalue weighted by Crippen LogP contribution is 2.29. The van der Waals surface area contributed by atoms with Gasteiger partial charge in [0.25, 0.3) is 5.69 Å². The molecule has 1 unspecified atom stereocenters. The van der Waals surface area contributed by atoms with Crippen LogP contribution in [-0.2, 0) is 4.79 Å². The first-order valence-electron chi connectivity index (χ1n) is 9.71. The quantitative estimate of drug-likeness (QED) is 0.502. The second-order valence-corrected chi connectivity index (χ2v) is 7.23. The molecule has 2 aromatic carbocycles. The smallest absolute Gasteiger partial charge is 0.292 e. The number of rotatable bonds is 6. The highest BCUT2D eigenvalue weighted by atomic mass is 16.6. The lowest BCUT2D eigenvalue weighted by Crippen LogP contribution is -2.36. The second kappa shape index (κ2) is 8.40. The Morgan fingerprint density at radius 3 is 2.86 bits per heavy atom. The number of benzene rings is 2. The Hall–Kier alpha value is -3.26. The van der Waals surface area contributed by atoms with Crippen molar-refractivity contribution in [2.24, 2.45) is 0 Å². The summed E-state index contributed by atoms with van der Waals surface area (Å²) in [4.78, 5) is 29.7. The number of likely N-dealkylation sites (tertiary alicyclic amines) is 1. The summed E-state index contributed by atoms with van der Waals surface area (Å²) in [6, 6.07) is 13.9. The zero-order valence-electron chi connectivity index (χ0n) is 15.9. The number of hydrogen-bond donors (Lipinski definition) is 1. The van der Waals surface area contributed by atoms with Crippen molar-refractivity contribution in [3.05, 3.63) is 64.5 Å². The number of nitrogens with zero attached hydrogens (tertiary/aromatic N) is 3. The van der Waals surface area contributed by atoms with E-state index in [9.17, 15) is 14.9 Å². The van der Waals surface area contributed by atoms with Gasteiger partial charge in [-0.05, 0) is 37.6 Å². The van der Waals surface area contributed by atoms with Crippen LogP contribution in [0.2, 0.25) is 0 Å². The third-order valence-corrected chi connectivity index (χ3v) is 5.20. The minimum absolute atomic E-state index is 0.102. The normalized spacial score (nSPS) is 17.3. The number of hydrogen-bond acceptors (Lipinski definition) is 6. The van der Waals surface area contributed by atoms with Crippen LogP contribution in [-0.4, -0.2) is 40.3 Å². The molecule has 0 saturated carbocycles. The van der Waals surface area contributed by atoms with E-state index in [-0.39, 0.29) is 29.6 Å². The summed E-state index contributed by atoms with van der Waals surface area (Å²) in [5.74, 6) is 0.720. The molecule has 8 nitrogen and oxygen atoms in total. The molecule has 1 amide bonds. The third-order valence-electron chi connectivity index (χ3n) is 5.20. The minimum atomic E-state index is -0.495. The van der Waals surface area contributed by atoms with Gasteiger partial charge in [-0.2, -0.15) is 0 Å². The number of nitro groups is 1. The van der Waals surface area contributed by atoms with Gasteiger partial charge in [0.15, 0.2) is 11.5 Å². The van der Waals surface area contributed by atoms with Crippen molar-refractivity contribution in [2.45, 2.75) is 25.2 Å². The van der Waals surface area contributed by atoms with Gasteiger partial charge >= 0.3 is 0 Å². The fraction of sp³-hybridized carbons (Fsp3) is 0.333. The number of oxazole rings is 1. The van der Waals surface area contributed by atoms with Crippen LogP contribution >= 0.6 is 0 Å². The first kappa shape index (κ1) is 19.1. The zero-order chi connectivity index (χ0) is 20.2. The number of amides is 1. The van der Waals surface area contributed by atoms with E-state index in [1.165, 1.54) is 6.07 Å². The van der Waals surface area contributed by atoms with Crippen molar-refractivity contribution in [3.63, 3.8) is 0 Å². The van der Waals surface area contributed by atoms with Crippen molar-refractivity contribution in [3.8, 4) is 0 Å². The lowest BCUT2D eigenvalue weighted by Gasteiger charge is -2.30. The molecule has 29 heavy (non-hydrogen) atoms. The average Bonchev–Trinajstić information content (AvgIpc) is 3.17. The number of aromatic nitrogens is 1. The number of nitrogens with one attached hydrogen (secondary N) is 1. The maximum absolute atomic E-state index is 12.3. The van der Waals surface area contributed by atoms with Crippen LogP contribution in [0.15, 0.2) is 52.9 Å². The van der Waals surface area contributed by atoms with Crippen molar-refractivity contribution in [2.75, 3.05) is 25.0 Å². The zero-order valence-corrected chi connectivity index (χ0v) is 15.9. The maximum atomic E-state index is 12.3. The van der Waals surface area contributed by atoms with Gasteiger partial charge in [-0.25, -0.2) is 4.98 Å². The highest BCUT2D eigenvalue weighted by molar-refractivity contribution is 5.93. The molecule has 0 bridgehead atoms. The lowest BCUT2D eigenvalue weighted by molar-refractivity contribution is -0.383. The molecule has 4 rings (SSSR count). The molecule has 1 saturated heterocycles. The summed E-state index contributed by atoms with van der Waals surface area (Å²) in [6.07, 6.45) is 2.28. The lowest BCUT2D eigenvalue weighted by atomic mass is 9.98. The molecule has 1 atom stereocenters. The van der Waals surface area contributed by atoms with Crippen LogP contribution in [0.3, 0.4) is 0 Å². The van der Waals surface area contributed by atoms with Crippen LogP contribution < -0.4 is 5.32 Å². The van der Waals surface area contributed by atoms with Gasteiger partial charge in [-0.1, -0.05) is 24.3 Å². The highest BCUT2D eigenvalue weighted by Gasteiger charge is 2.26. The Balaban J connectivity index is 1.34. The van der Waals surface area contributed by atoms with Gasteiger partial charge < -0.3 is 14.6 Å². The summed E-state index contributed by atoms with van der Waals surface area (Å²) < 4.78 is 5.92. The van der Waals surface area contributed by atoms with Crippen LogP contribution in [0, 0.1) is 10.1 Å². The van der Waals surface area contributed by atoms with Crippen LogP contribution in [0.25, 0.3) is 11.1 Å². The summed E-state index contributed by atoms with van der Waals surface area (Å²) in [6.45, 7) is 2.28. The SMILES string of the molecule is O=C(CCN1CCCC(c2nc3ccccc3o2)C1)Nc1ccccc1[N+](=O)[O-]. The Kier molecular flexibility index (Phi) is 5.53. The number of fused-ring (bicyclic) bond motifs is 1. The fourth-order valence-corrected chi connectivity index (χ4v) is 3.74. The predicted octanol–water partition coefficient (Wildman–Crippen LogP) is 3.94. The van der Waals surface area contributed by atoms with E-state index in [0.29, 0.717) is 6.54 Å². The van der Waals surface area contributed by atoms with Gasteiger partial charge in [0, 0.05) is 31.5 Å². The molecule has 0 aliphatic carbocycles. The summed E-state index contributed by atoms with van der Waals surface area (Å²) >= 11 is 0. The van der Waals surface area contributed by atoms with E-state index < -0.39 is 4.92 Å². The van der Waals surface area contributed by atoms with Gasteiger partial charge in [-0.3, -0.25) is 14.9 Å². The summed E-state index contributed by atoms with van der Waals surface area (Å²) in [7, 11) is 0. The van der Waals surface area contributed by atoms with E-state index in [1.54, 1.807) is 18.2 Å². The van der Waals surface area contributed by atoms with Crippen molar-refractivity contribution in [1.29, 1.82) is 0 Å². The van der Waals surface area contributed by atoms with E-state index in [4.69, 9.17) is 4.42 Å². The Morgan fingerprint density at radius 1 is 1.24 bits per heavy atom. The Labute approximate surface area is 167 Å². The Bertz CT molecular complexity index is 999. The molecular weight excluding hydrogens is 372 g/mol. The number of para-hydroxylation sites is 4. The monoisotopic (exact) mass is 394 g/mol. The van der Waals surface area contributed by atoms with Gasteiger partial charge in [0.1, 0.15) is 11.2 Å². The van der Waals surface area contributed by atoms with Gasteiger partial charge in [-0.15, -0.1) is 0 Å². The Morgan fingerprint density at radius 2 is 2.03 bits per heavy atom. The topological polar surface area (TPSA) is 102 Å². The van der Waals surface area contributed by atoms with E-state index >= 15 is 0 Å². The molecule has 1 aliphatic heterocycles. The van der Waals surface area contributed by atoms with Crippen molar-refractivity contribution in [1.82, 2.24) is 9.88 Å². The molecule has 0 radical (unpaired) electrons. The van der Waals surface area contributed by atoms with Crippen LogP contribution in [0.1, 0.15) is 31.1 Å². The number of piperidine rings is 1. The minimum Gasteiger partial charge on any atom is -0.440 e. The molecule has 150 valence electrons. The van der Waals surface area contributed by atoms with E-state index in [0.717, 1.165) is 42.9 Å². The van der Waals surface area contributed by atoms with E-state index in [1.807, 2.05) is 24.3 Å². The number of anilines is 1. The first-order valence-corrected chi connectivity index (χ1v) is 9.71. The molecule has 1 fully saturated rings. The number of carbonyl (C=O) groups excluding carboxylic acids is 1. The molecule has 1 aromatic heterocycles. The molecule has 1 aliphatic rings. The van der Waals surface area contributed by atoms with Crippen LogP contribution in [0.5, 0.6) is 0 Å². The van der Waals surface area contributed by atoms with Gasteiger partial charge in [0.2, 0.25) is 5.91 Å².